The average Bonchev–Trinajstić information content (AvgIpc) is 2.10. The topological polar surface area (TPSA) is 72.5 Å². The molecule has 1 amide bonds. The third-order valence-electron chi connectivity index (χ3n) is 1.25. The number of hydrogen-bond acceptors (Lipinski definition) is 4. The summed E-state index contributed by atoms with van der Waals surface area (Å²) in [6.07, 6.45) is 0.584. The summed E-state index contributed by atoms with van der Waals surface area (Å²) in [5.41, 5.74) is 0. The highest BCUT2D eigenvalue weighted by Crippen LogP contribution is 2.06. The van der Waals surface area contributed by atoms with Crippen molar-refractivity contribution in [1.29, 1.82) is 0 Å². The fraction of sp³-hybridized carbons (Fsp3) is 0.800. The SMILES string of the molecule is CS(=O)(=O)OC1CNC(=O)C1. The van der Waals surface area contributed by atoms with Crippen LogP contribution in [0.2, 0.25) is 0 Å². The average molecular weight is 179 g/mol. The maximum atomic E-state index is 10.6. The van der Waals surface area contributed by atoms with Crippen LogP contribution in [0.15, 0.2) is 0 Å². The normalized spacial score (nSPS) is 25.2. The Bertz CT molecular complexity index is 258. The van der Waals surface area contributed by atoms with Crippen LogP contribution in [0.1, 0.15) is 6.42 Å². The van der Waals surface area contributed by atoms with E-state index in [0.717, 1.165) is 6.26 Å². The highest BCUT2D eigenvalue weighted by molar-refractivity contribution is 7.86. The van der Waals surface area contributed by atoms with E-state index in [1.165, 1.54) is 0 Å². The quantitative estimate of drug-likeness (QED) is 0.543. The van der Waals surface area contributed by atoms with E-state index in [0.29, 0.717) is 0 Å². The second-order valence-electron chi connectivity index (χ2n) is 2.43. The maximum Gasteiger partial charge on any atom is 0.264 e. The summed E-state index contributed by atoms with van der Waals surface area (Å²) in [7, 11) is -3.42. The van der Waals surface area contributed by atoms with Crippen molar-refractivity contribution in [3.63, 3.8) is 0 Å². The molecule has 1 unspecified atom stereocenters. The highest BCUT2D eigenvalue weighted by atomic mass is 32.2. The monoisotopic (exact) mass is 179 g/mol. The Morgan fingerprint density at radius 3 is 2.64 bits per heavy atom. The fourth-order valence-electron chi connectivity index (χ4n) is 0.894. The third kappa shape index (κ3) is 2.85. The Labute approximate surface area is 64.9 Å². The summed E-state index contributed by atoms with van der Waals surface area (Å²) in [4.78, 5) is 10.6. The molecule has 0 aromatic heterocycles. The summed E-state index contributed by atoms with van der Waals surface area (Å²) in [5, 5.41) is 2.46. The molecule has 0 aliphatic carbocycles. The highest BCUT2D eigenvalue weighted by Gasteiger charge is 2.25. The minimum absolute atomic E-state index is 0.132. The van der Waals surface area contributed by atoms with Gasteiger partial charge in [0.1, 0.15) is 6.10 Å². The molecule has 64 valence electrons. The zero-order valence-electron chi connectivity index (χ0n) is 6.03. The van der Waals surface area contributed by atoms with Crippen molar-refractivity contribution in [2.75, 3.05) is 12.8 Å². The summed E-state index contributed by atoms with van der Waals surface area (Å²) < 4.78 is 25.6. The molecule has 0 aromatic carbocycles. The van der Waals surface area contributed by atoms with Gasteiger partial charge in [0.25, 0.3) is 10.1 Å². The lowest BCUT2D eigenvalue weighted by molar-refractivity contribution is -0.119. The molecule has 5 nitrogen and oxygen atoms in total. The minimum atomic E-state index is -3.42. The molecule has 11 heavy (non-hydrogen) atoms. The summed E-state index contributed by atoms with van der Waals surface area (Å²) >= 11 is 0. The first-order chi connectivity index (χ1) is 4.97. The number of hydrogen-bond donors (Lipinski definition) is 1. The van der Waals surface area contributed by atoms with Crippen molar-refractivity contribution >= 4 is 16.0 Å². The van der Waals surface area contributed by atoms with Crippen LogP contribution in [0.3, 0.4) is 0 Å². The van der Waals surface area contributed by atoms with Crippen LogP contribution in [0, 0.1) is 0 Å². The lowest BCUT2D eigenvalue weighted by Gasteiger charge is -2.04. The Morgan fingerprint density at radius 1 is 1.64 bits per heavy atom. The van der Waals surface area contributed by atoms with Gasteiger partial charge in [0.05, 0.1) is 12.7 Å². The molecule has 1 N–H and O–H groups in total. The van der Waals surface area contributed by atoms with Gasteiger partial charge in [-0.1, -0.05) is 0 Å². The Morgan fingerprint density at radius 2 is 2.27 bits per heavy atom. The van der Waals surface area contributed by atoms with Crippen LogP contribution >= 0.6 is 0 Å². The molecule has 1 atom stereocenters. The van der Waals surface area contributed by atoms with E-state index in [9.17, 15) is 13.2 Å². The second kappa shape index (κ2) is 2.78. The van der Waals surface area contributed by atoms with Gasteiger partial charge in [-0.15, -0.1) is 0 Å². The molecule has 1 aliphatic heterocycles. The molecule has 1 rings (SSSR count). The lowest BCUT2D eigenvalue weighted by atomic mass is 10.3. The van der Waals surface area contributed by atoms with Crippen LogP contribution in [0.5, 0.6) is 0 Å². The molecule has 1 aliphatic rings. The van der Waals surface area contributed by atoms with E-state index < -0.39 is 16.2 Å². The van der Waals surface area contributed by atoms with E-state index in [-0.39, 0.29) is 18.9 Å². The second-order valence-corrected chi connectivity index (χ2v) is 4.03. The number of carbonyl (C=O) groups is 1. The summed E-state index contributed by atoms with van der Waals surface area (Å²) in [6, 6.07) is 0. The summed E-state index contributed by atoms with van der Waals surface area (Å²) in [6.45, 7) is 0.284. The van der Waals surface area contributed by atoms with Gasteiger partial charge in [-0.25, -0.2) is 0 Å². The molecule has 6 heteroatoms. The van der Waals surface area contributed by atoms with Crippen molar-refractivity contribution in [2.24, 2.45) is 0 Å². The lowest BCUT2D eigenvalue weighted by Crippen LogP contribution is -2.20. The van der Waals surface area contributed by atoms with Gasteiger partial charge in [-0.05, 0) is 0 Å². The number of amides is 1. The molecule has 1 heterocycles. The van der Waals surface area contributed by atoms with Crippen LogP contribution in [0.25, 0.3) is 0 Å². The molecule has 0 radical (unpaired) electrons. The number of carbonyl (C=O) groups excluding carboxylic acids is 1. The molecule has 0 bridgehead atoms. The zero-order chi connectivity index (χ0) is 8.48. The molecule has 1 saturated heterocycles. The van der Waals surface area contributed by atoms with Crippen LogP contribution in [0.4, 0.5) is 0 Å². The smallest absolute Gasteiger partial charge is 0.264 e. The predicted octanol–water partition coefficient (Wildman–Crippen LogP) is -1.15. The van der Waals surface area contributed by atoms with Crippen molar-refractivity contribution in [3.8, 4) is 0 Å². The van der Waals surface area contributed by atoms with E-state index in [2.05, 4.69) is 9.50 Å². The van der Waals surface area contributed by atoms with Gasteiger partial charge >= 0.3 is 0 Å². The van der Waals surface area contributed by atoms with E-state index in [1.54, 1.807) is 0 Å². The minimum Gasteiger partial charge on any atom is -0.353 e. The molecular weight excluding hydrogens is 170 g/mol. The Kier molecular flexibility index (Phi) is 2.15. The predicted molar refractivity (Wildman–Crippen MR) is 37.3 cm³/mol. The van der Waals surface area contributed by atoms with Crippen LogP contribution in [-0.4, -0.2) is 33.2 Å². The Balaban J connectivity index is 2.47. The number of rotatable bonds is 2. The van der Waals surface area contributed by atoms with Crippen molar-refractivity contribution in [3.05, 3.63) is 0 Å². The molecule has 0 spiro atoms. The standard InChI is InChI=1S/C5H9NO4S/c1-11(8,9)10-4-2-5(7)6-3-4/h4H,2-3H2,1H3,(H,6,7). The number of nitrogens with one attached hydrogen (secondary N) is 1. The van der Waals surface area contributed by atoms with Gasteiger partial charge < -0.3 is 5.32 Å². The maximum absolute atomic E-state index is 10.6. The van der Waals surface area contributed by atoms with E-state index >= 15 is 0 Å². The van der Waals surface area contributed by atoms with Crippen molar-refractivity contribution in [1.82, 2.24) is 5.32 Å². The van der Waals surface area contributed by atoms with Crippen molar-refractivity contribution in [2.45, 2.75) is 12.5 Å². The molecular formula is C5H9NO4S. The first-order valence-corrected chi connectivity index (χ1v) is 4.94. The molecule has 1 fully saturated rings. The fourth-order valence-corrected chi connectivity index (χ4v) is 1.52. The molecule has 0 aromatic rings. The van der Waals surface area contributed by atoms with Gasteiger partial charge in [-0.2, -0.15) is 8.42 Å². The van der Waals surface area contributed by atoms with Crippen molar-refractivity contribution < 1.29 is 17.4 Å². The first-order valence-electron chi connectivity index (χ1n) is 3.12. The van der Waals surface area contributed by atoms with Gasteiger partial charge in [0.15, 0.2) is 0 Å². The van der Waals surface area contributed by atoms with E-state index in [4.69, 9.17) is 0 Å². The van der Waals surface area contributed by atoms with Gasteiger partial charge in [-0.3, -0.25) is 8.98 Å². The van der Waals surface area contributed by atoms with Gasteiger partial charge in [0.2, 0.25) is 5.91 Å². The van der Waals surface area contributed by atoms with Crippen LogP contribution in [-0.2, 0) is 19.1 Å². The molecule has 0 saturated carbocycles. The Hall–Kier alpha value is -0.620. The van der Waals surface area contributed by atoms with Gasteiger partial charge in [0, 0.05) is 6.54 Å². The summed E-state index contributed by atoms with van der Waals surface area (Å²) in [5.74, 6) is -0.168. The zero-order valence-corrected chi connectivity index (χ0v) is 6.85. The van der Waals surface area contributed by atoms with Crippen LogP contribution < -0.4 is 5.32 Å². The van der Waals surface area contributed by atoms with E-state index in [1.807, 2.05) is 0 Å². The largest absolute Gasteiger partial charge is 0.353 e. The first kappa shape index (κ1) is 8.48. The third-order valence-corrected chi connectivity index (χ3v) is 1.87.